The Bertz CT molecular complexity index is 1510. The summed E-state index contributed by atoms with van der Waals surface area (Å²) in [6, 6.07) is 25.2. The second kappa shape index (κ2) is 11.0. The van der Waals surface area contributed by atoms with Crippen LogP contribution in [0.3, 0.4) is 0 Å². The maximum atomic E-state index is 13.7. The highest BCUT2D eigenvalue weighted by Gasteiger charge is 2.30. The Morgan fingerprint density at radius 3 is 1.43 bits per heavy atom. The zero-order valence-electron chi connectivity index (χ0n) is 24.5. The molecule has 0 spiro atoms. The second-order valence-electron chi connectivity index (χ2n) is 11.7. The topological polar surface area (TPSA) is 109 Å². The molecule has 42 heavy (non-hydrogen) atoms. The summed E-state index contributed by atoms with van der Waals surface area (Å²) >= 11 is 0. The summed E-state index contributed by atoms with van der Waals surface area (Å²) in [7, 11) is 0. The second-order valence-corrected chi connectivity index (χ2v) is 11.7. The van der Waals surface area contributed by atoms with Crippen LogP contribution in [-0.4, -0.2) is 33.4 Å². The quantitative estimate of drug-likeness (QED) is 0.218. The van der Waals surface area contributed by atoms with Crippen molar-refractivity contribution in [2.75, 3.05) is 20.4 Å². The normalized spacial score (nSPS) is 13.0. The lowest BCUT2D eigenvalue weighted by molar-refractivity contribution is 0.0588. The number of pyridine rings is 2. The summed E-state index contributed by atoms with van der Waals surface area (Å²) in [6.45, 7) is 10.8. The van der Waals surface area contributed by atoms with Crippen molar-refractivity contribution in [2.45, 2.75) is 52.7 Å². The Morgan fingerprint density at radius 1 is 0.595 bits per heavy atom. The van der Waals surface area contributed by atoms with Crippen LogP contribution in [0.1, 0.15) is 41.5 Å². The van der Waals surface area contributed by atoms with Crippen molar-refractivity contribution < 1.29 is 19.1 Å². The van der Waals surface area contributed by atoms with Crippen molar-refractivity contribution >= 4 is 58.2 Å². The minimum Gasteiger partial charge on any atom is -0.443 e. The number of ether oxygens (including phenoxy) is 2. The van der Waals surface area contributed by atoms with Crippen molar-refractivity contribution in [1.29, 1.82) is 0 Å². The lowest BCUT2D eigenvalue weighted by atomic mass is 10.2. The predicted octanol–water partition coefficient (Wildman–Crippen LogP) is 8.42. The van der Waals surface area contributed by atoms with Crippen LogP contribution in [0.25, 0.3) is 0 Å². The number of anilines is 8. The first-order chi connectivity index (χ1) is 19.8. The van der Waals surface area contributed by atoms with Gasteiger partial charge in [-0.3, -0.25) is 0 Å². The third-order valence-corrected chi connectivity index (χ3v) is 5.83. The molecule has 1 aliphatic heterocycles. The summed E-state index contributed by atoms with van der Waals surface area (Å²) < 4.78 is 11.6. The van der Waals surface area contributed by atoms with Gasteiger partial charge < -0.3 is 20.1 Å². The average Bonchev–Trinajstić information content (AvgIpc) is 2.87. The molecule has 2 N–H and O–H groups in total. The van der Waals surface area contributed by atoms with Gasteiger partial charge in [-0.2, -0.15) is 0 Å². The smallest absolute Gasteiger partial charge is 0.420 e. The zero-order chi connectivity index (χ0) is 30.1. The van der Waals surface area contributed by atoms with E-state index in [1.165, 1.54) is 9.80 Å². The number of hydrogen-bond donors (Lipinski definition) is 2. The van der Waals surface area contributed by atoms with Crippen molar-refractivity contribution in [3.63, 3.8) is 0 Å². The third kappa shape index (κ3) is 6.77. The van der Waals surface area contributed by atoms with Crippen molar-refractivity contribution in [2.24, 2.45) is 0 Å². The van der Waals surface area contributed by atoms with Crippen LogP contribution < -0.4 is 20.4 Å². The highest BCUT2D eigenvalue weighted by molar-refractivity contribution is 5.99. The maximum Gasteiger partial charge on any atom is 0.420 e. The molecule has 216 valence electrons. The number of nitrogens with one attached hydrogen (secondary N) is 2. The number of amides is 2. The lowest BCUT2D eigenvalue weighted by Crippen LogP contribution is -2.35. The highest BCUT2D eigenvalue weighted by Crippen LogP contribution is 2.35. The molecule has 10 heteroatoms. The third-order valence-electron chi connectivity index (χ3n) is 5.83. The number of nitrogens with zero attached hydrogens (tertiary/aromatic N) is 4. The first-order valence-electron chi connectivity index (χ1n) is 13.6. The first kappa shape index (κ1) is 28.4. The molecular weight excluding hydrogens is 532 g/mol. The van der Waals surface area contributed by atoms with Gasteiger partial charge in [0, 0.05) is 11.4 Å². The number of rotatable bonds is 0. The van der Waals surface area contributed by atoms with E-state index < -0.39 is 23.4 Å². The fraction of sp³-hybridized carbons (Fsp3) is 0.250. The van der Waals surface area contributed by atoms with Gasteiger partial charge in [0.2, 0.25) is 0 Å². The molecule has 0 saturated carbocycles. The van der Waals surface area contributed by atoms with Gasteiger partial charge in [0.15, 0.2) is 0 Å². The standard InChI is InChI=1S/C32H34N6O4/c1-31(2,3)41-29(39)37-23-13-8-14-24(20-23)38(30(40)42-32(4,5)6)28-18-10-16-26(36-28)34-22-12-7-11-21(19-22)33-25-15-9-17-27(37)35-25/h7-20H,1-6H3,(H,33,35)(H,34,36). The minimum atomic E-state index is -0.764. The number of hydrogen-bond acceptors (Lipinski definition) is 8. The molecule has 1 aliphatic rings. The van der Waals surface area contributed by atoms with Crippen LogP contribution in [0, 0.1) is 0 Å². The van der Waals surface area contributed by atoms with Crippen molar-refractivity contribution in [1.82, 2.24) is 9.97 Å². The zero-order valence-corrected chi connectivity index (χ0v) is 24.5. The summed E-state index contributed by atoms with van der Waals surface area (Å²) in [6.07, 6.45) is -1.25. The molecule has 5 rings (SSSR count). The maximum absolute atomic E-state index is 13.7. The van der Waals surface area contributed by atoms with Gasteiger partial charge in [0.1, 0.15) is 34.5 Å². The Morgan fingerprint density at radius 2 is 1.00 bits per heavy atom. The predicted molar refractivity (Wildman–Crippen MR) is 165 cm³/mol. The van der Waals surface area contributed by atoms with E-state index in [0.717, 1.165) is 11.4 Å². The molecule has 0 fully saturated rings. The van der Waals surface area contributed by atoms with Gasteiger partial charge in [0.05, 0.1) is 11.4 Å². The van der Waals surface area contributed by atoms with Gasteiger partial charge >= 0.3 is 12.2 Å². The molecule has 0 saturated heterocycles. The highest BCUT2D eigenvalue weighted by atomic mass is 16.6. The van der Waals surface area contributed by atoms with E-state index >= 15 is 0 Å². The Hall–Kier alpha value is -5.12. The molecule has 2 aromatic carbocycles. The molecular formula is C32H34N6O4. The van der Waals surface area contributed by atoms with Crippen molar-refractivity contribution in [3.8, 4) is 0 Å². The van der Waals surface area contributed by atoms with Gasteiger partial charge in [-0.15, -0.1) is 0 Å². The van der Waals surface area contributed by atoms with Crippen LogP contribution in [0.2, 0.25) is 0 Å². The molecule has 0 aliphatic carbocycles. The van der Waals surface area contributed by atoms with Crippen LogP contribution in [0.4, 0.5) is 55.6 Å². The minimum absolute atomic E-state index is 0.330. The molecule has 0 radical (unpaired) electrons. The largest absolute Gasteiger partial charge is 0.443 e. The number of carbonyl (C=O) groups is 2. The van der Waals surface area contributed by atoms with E-state index in [1.807, 2.05) is 36.4 Å². The van der Waals surface area contributed by atoms with Gasteiger partial charge in [-0.1, -0.05) is 24.3 Å². The van der Waals surface area contributed by atoms with Crippen LogP contribution in [0.15, 0.2) is 84.9 Å². The van der Waals surface area contributed by atoms with E-state index in [1.54, 1.807) is 90.1 Å². The van der Waals surface area contributed by atoms with Gasteiger partial charge in [-0.05, 0) is 102 Å². The first-order valence-corrected chi connectivity index (χ1v) is 13.6. The summed E-state index contributed by atoms with van der Waals surface area (Å²) in [5, 5.41) is 6.62. The number of fused-ring (bicyclic) bond motifs is 8. The fourth-order valence-electron chi connectivity index (χ4n) is 4.25. The monoisotopic (exact) mass is 566 g/mol. The SMILES string of the molecule is CC(C)(C)OC(=O)N1c2cccc(c2)N(C(=O)OC(C)(C)C)c2cccc(n2)Nc2cccc(c2)Nc2cccc1n2. The molecule has 0 atom stereocenters. The Kier molecular flexibility index (Phi) is 7.47. The molecule has 10 nitrogen and oxygen atoms in total. The summed E-state index contributed by atoms with van der Waals surface area (Å²) in [5.41, 5.74) is 0.884. The van der Waals surface area contributed by atoms with E-state index in [2.05, 4.69) is 10.6 Å². The van der Waals surface area contributed by atoms with Crippen molar-refractivity contribution in [3.05, 3.63) is 84.9 Å². The lowest BCUT2D eigenvalue weighted by Gasteiger charge is -2.29. The average molecular weight is 567 g/mol. The summed E-state index contributed by atoms with van der Waals surface area (Å²) in [5.74, 6) is 1.71. The van der Waals surface area contributed by atoms with E-state index in [9.17, 15) is 9.59 Å². The summed E-state index contributed by atoms with van der Waals surface area (Å²) in [4.78, 5) is 39.6. The Labute approximate surface area is 245 Å². The van der Waals surface area contributed by atoms with Gasteiger partial charge in [0.25, 0.3) is 0 Å². The Balaban J connectivity index is 1.73. The van der Waals surface area contributed by atoms with Gasteiger partial charge in [-0.25, -0.2) is 29.4 Å². The molecule has 0 unspecified atom stereocenters. The molecule has 4 aromatic rings. The molecule has 8 bridgehead atoms. The fourth-order valence-corrected chi connectivity index (χ4v) is 4.25. The van der Waals surface area contributed by atoms with Crippen LogP contribution in [-0.2, 0) is 9.47 Å². The number of carbonyl (C=O) groups excluding carboxylic acids is 2. The van der Waals surface area contributed by atoms with E-state index in [4.69, 9.17) is 19.4 Å². The molecule has 3 heterocycles. The number of benzene rings is 2. The number of aromatic nitrogens is 2. The van der Waals surface area contributed by atoms with Crippen LogP contribution >= 0.6 is 0 Å². The van der Waals surface area contributed by atoms with Crippen LogP contribution in [0.5, 0.6) is 0 Å². The molecule has 2 aromatic heterocycles. The van der Waals surface area contributed by atoms with E-state index in [0.29, 0.717) is 34.6 Å². The van der Waals surface area contributed by atoms with E-state index in [-0.39, 0.29) is 0 Å². The molecule has 2 amide bonds.